The van der Waals surface area contributed by atoms with Crippen LogP contribution in [0.5, 0.6) is 5.75 Å². The molecule has 0 spiro atoms. The molecule has 0 aliphatic carbocycles. The minimum Gasteiger partial charge on any atom is -0.421 e. The van der Waals surface area contributed by atoms with E-state index in [0.717, 1.165) is 55.8 Å². The Morgan fingerprint density at radius 2 is 1.69 bits per heavy atom. The number of hydrogen-bond donors (Lipinski definition) is 1. The number of carbonyl (C=O) groups excluding carboxylic acids is 2. The molecule has 0 saturated carbocycles. The number of nitrogens with one attached hydrogen (secondary N) is 1. The lowest BCUT2D eigenvalue weighted by atomic mass is 10.1. The van der Waals surface area contributed by atoms with Crippen molar-refractivity contribution < 1.29 is 27.5 Å². The van der Waals surface area contributed by atoms with Gasteiger partial charge in [0.05, 0.1) is 11.8 Å². The molecule has 0 unspecified atom stereocenters. The van der Waals surface area contributed by atoms with E-state index >= 15 is 0 Å². The maximum absolute atomic E-state index is 12.7. The number of carbonyl (C=O) groups is 2. The van der Waals surface area contributed by atoms with Crippen molar-refractivity contribution in [2.24, 2.45) is 0 Å². The van der Waals surface area contributed by atoms with E-state index < -0.39 is 23.6 Å². The second kappa shape index (κ2) is 10.1. The number of anilines is 2. The van der Waals surface area contributed by atoms with Crippen molar-refractivity contribution in [3.8, 4) is 5.75 Å². The predicted octanol–water partition coefficient (Wildman–Crippen LogP) is 4.86. The molecule has 7 nitrogen and oxygen atoms in total. The van der Waals surface area contributed by atoms with Crippen LogP contribution in [-0.4, -0.2) is 34.9 Å². The van der Waals surface area contributed by atoms with E-state index in [0.29, 0.717) is 29.5 Å². The molecular weight excluding hydrogens is 461 g/mol. The summed E-state index contributed by atoms with van der Waals surface area (Å²) in [5, 5.41) is 2.67. The fraction of sp³-hybridized carbons (Fsp3) is 0.280. The topological polar surface area (TPSA) is 84.4 Å². The van der Waals surface area contributed by atoms with Crippen molar-refractivity contribution in [1.29, 1.82) is 0 Å². The van der Waals surface area contributed by atoms with Gasteiger partial charge in [-0.2, -0.15) is 13.2 Å². The van der Waals surface area contributed by atoms with Crippen molar-refractivity contribution in [3.63, 3.8) is 0 Å². The van der Waals surface area contributed by atoms with Crippen LogP contribution in [0, 0.1) is 0 Å². The summed E-state index contributed by atoms with van der Waals surface area (Å²) < 4.78 is 43.4. The zero-order valence-corrected chi connectivity index (χ0v) is 18.9. The molecule has 182 valence electrons. The minimum atomic E-state index is -4.45. The Labute approximate surface area is 200 Å². The molecule has 2 heterocycles. The molecule has 1 aliphatic heterocycles. The molecule has 0 bridgehead atoms. The first-order valence-corrected chi connectivity index (χ1v) is 11.1. The Kier molecular flexibility index (Phi) is 6.99. The first kappa shape index (κ1) is 24.2. The third-order valence-electron chi connectivity index (χ3n) is 5.49. The fourth-order valence-electron chi connectivity index (χ4n) is 3.77. The third kappa shape index (κ3) is 6.14. The van der Waals surface area contributed by atoms with Crippen LogP contribution in [0.15, 0.2) is 54.7 Å². The average Bonchev–Trinajstić information content (AvgIpc) is 3.35. The quantitative estimate of drug-likeness (QED) is 0.503. The Bertz CT molecular complexity index is 1210. The number of nitrogens with zero attached hydrogens (tertiary/aromatic N) is 3. The summed E-state index contributed by atoms with van der Waals surface area (Å²) in [4.78, 5) is 34.8. The second-order valence-corrected chi connectivity index (χ2v) is 8.16. The molecule has 1 saturated heterocycles. The van der Waals surface area contributed by atoms with E-state index in [9.17, 15) is 22.8 Å². The van der Waals surface area contributed by atoms with Gasteiger partial charge in [-0.25, -0.2) is 9.97 Å². The molecule has 0 atom stereocenters. The van der Waals surface area contributed by atoms with Crippen molar-refractivity contribution in [2.75, 3.05) is 23.3 Å². The largest absolute Gasteiger partial charge is 0.421 e. The standard InChI is InChI=1S/C25H23F3N4O3/c1-16(33)35-21-15-29-22(31-23(21)32-12-2-3-13-32)14-17-4-10-20(11-5-17)30-24(34)18-6-8-19(9-7-18)25(26,27)28/h4-11,15H,2-3,12-14H2,1H3,(H,30,34). The van der Waals surface area contributed by atoms with Gasteiger partial charge in [-0.05, 0) is 54.8 Å². The van der Waals surface area contributed by atoms with Gasteiger partial charge in [0, 0.05) is 37.7 Å². The molecule has 1 amide bonds. The van der Waals surface area contributed by atoms with Crippen molar-refractivity contribution in [2.45, 2.75) is 32.4 Å². The van der Waals surface area contributed by atoms with E-state index in [4.69, 9.17) is 4.74 Å². The third-order valence-corrected chi connectivity index (χ3v) is 5.49. The Hall–Kier alpha value is -3.95. The van der Waals surface area contributed by atoms with Crippen molar-refractivity contribution in [1.82, 2.24) is 9.97 Å². The number of esters is 1. The monoisotopic (exact) mass is 484 g/mol. The van der Waals surface area contributed by atoms with Gasteiger partial charge in [0.25, 0.3) is 5.91 Å². The predicted molar refractivity (Wildman–Crippen MR) is 123 cm³/mol. The molecule has 1 aromatic heterocycles. The summed E-state index contributed by atoms with van der Waals surface area (Å²) in [7, 11) is 0. The van der Waals surface area contributed by atoms with Gasteiger partial charge in [0.15, 0.2) is 11.6 Å². The van der Waals surface area contributed by atoms with E-state index in [1.165, 1.54) is 13.1 Å². The summed E-state index contributed by atoms with van der Waals surface area (Å²) in [5.74, 6) is 0.554. The smallest absolute Gasteiger partial charge is 0.416 e. The molecule has 35 heavy (non-hydrogen) atoms. The zero-order chi connectivity index (χ0) is 25.0. The maximum atomic E-state index is 12.7. The lowest BCUT2D eigenvalue weighted by molar-refractivity contribution is -0.137. The second-order valence-electron chi connectivity index (χ2n) is 8.16. The first-order chi connectivity index (χ1) is 16.7. The lowest BCUT2D eigenvalue weighted by Gasteiger charge is -2.19. The molecule has 1 aliphatic rings. The van der Waals surface area contributed by atoms with Crippen molar-refractivity contribution >= 4 is 23.4 Å². The van der Waals surface area contributed by atoms with Crippen LogP contribution in [0.25, 0.3) is 0 Å². The van der Waals surface area contributed by atoms with Gasteiger partial charge in [0.1, 0.15) is 5.82 Å². The van der Waals surface area contributed by atoms with E-state index in [-0.39, 0.29) is 5.56 Å². The average molecular weight is 484 g/mol. The van der Waals surface area contributed by atoms with Gasteiger partial charge in [0.2, 0.25) is 0 Å². The molecule has 2 aromatic carbocycles. The van der Waals surface area contributed by atoms with E-state index in [1.54, 1.807) is 24.3 Å². The highest BCUT2D eigenvalue weighted by Gasteiger charge is 2.30. The van der Waals surface area contributed by atoms with Crippen LogP contribution in [0.4, 0.5) is 24.7 Å². The highest BCUT2D eigenvalue weighted by molar-refractivity contribution is 6.04. The molecule has 4 rings (SSSR count). The summed E-state index contributed by atoms with van der Waals surface area (Å²) in [6, 6.07) is 11.0. The Morgan fingerprint density at radius 1 is 1.03 bits per heavy atom. The highest BCUT2D eigenvalue weighted by Crippen LogP contribution is 2.30. The van der Waals surface area contributed by atoms with Gasteiger partial charge in [-0.15, -0.1) is 0 Å². The number of aromatic nitrogens is 2. The number of ether oxygens (including phenoxy) is 1. The minimum absolute atomic E-state index is 0.123. The summed E-state index contributed by atoms with van der Waals surface area (Å²) in [5.41, 5.74) is 0.708. The van der Waals surface area contributed by atoms with Crippen LogP contribution in [0.1, 0.15) is 47.1 Å². The van der Waals surface area contributed by atoms with Gasteiger partial charge < -0.3 is 15.0 Å². The zero-order valence-electron chi connectivity index (χ0n) is 18.9. The van der Waals surface area contributed by atoms with Crippen LogP contribution < -0.4 is 15.0 Å². The van der Waals surface area contributed by atoms with Crippen LogP contribution in [-0.2, 0) is 17.4 Å². The lowest BCUT2D eigenvalue weighted by Crippen LogP contribution is -2.21. The number of alkyl halides is 3. The van der Waals surface area contributed by atoms with Gasteiger partial charge >= 0.3 is 12.1 Å². The number of rotatable bonds is 6. The highest BCUT2D eigenvalue weighted by atomic mass is 19.4. The summed E-state index contributed by atoms with van der Waals surface area (Å²) >= 11 is 0. The Balaban J connectivity index is 1.43. The van der Waals surface area contributed by atoms with Crippen molar-refractivity contribution in [3.05, 3.63) is 77.2 Å². The Morgan fingerprint density at radius 3 is 2.29 bits per heavy atom. The van der Waals surface area contributed by atoms with Gasteiger partial charge in [-0.3, -0.25) is 9.59 Å². The molecule has 1 fully saturated rings. The molecule has 1 N–H and O–H groups in total. The summed E-state index contributed by atoms with van der Waals surface area (Å²) in [6.07, 6.45) is -0.439. The number of halogens is 3. The normalized spacial score (nSPS) is 13.5. The van der Waals surface area contributed by atoms with E-state index in [1.807, 2.05) is 0 Å². The van der Waals surface area contributed by atoms with Gasteiger partial charge in [-0.1, -0.05) is 12.1 Å². The first-order valence-electron chi connectivity index (χ1n) is 11.1. The maximum Gasteiger partial charge on any atom is 0.416 e. The van der Waals surface area contributed by atoms with Crippen LogP contribution in [0.2, 0.25) is 0 Å². The molecule has 0 radical (unpaired) electrons. The van der Waals surface area contributed by atoms with Crippen LogP contribution in [0.3, 0.4) is 0 Å². The number of amides is 1. The number of hydrogen-bond acceptors (Lipinski definition) is 6. The molecule has 10 heteroatoms. The van der Waals surface area contributed by atoms with E-state index in [2.05, 4.69) is 20.2 Å². The fourth-order valence-corrected chi connectivity index (χ4v) is 3.77. The molecule has 3 aromatic rings. The SMILES string of the molecule is CC(=O)Oc1cnc(Cc2ccc(NC(=O)c3ccc(C(F)(F)F)cc3)cc2)nc1N1CCCC1. The molecular formula is C25H23F3N4O3. The number of benzene rings is 2. The van der Waals surface area contributed by atoms with Crippen LogP contribution >= 0.6 is 0 Å². The summed E-state index contributed by atoms with van der Waals surface area (Å²) in [6.45, 7) is 3.00.